The molecule has 0 N–H and O–H groups in total. The van der Waals surface area contributed by atoms with Crippen molar-refractivity contribution in [3.8, 4) is 5.69 Å². The molecular formula is C15H13N2O3S-. The fraction of sp³-hybridized carbons (Fsp3) is 0.200. The third-order valence-corrected chi connectivity index (χ3v) is 4.25. The Labute approximate surface area is 125 Å². The molecule has 0 spiro atoms. The van der Waals surface area contributed by atoms with Gasteiger partial charge in [-0.15, -0.1) is 11.3 Å². The molecule has 3 aromatic rings. The highest BCUT2D eigenvalue weighted by Crippen LogP contribution is 2.36. The van der Waals surface area contributed by atoms with Gasteiger partial charge in [-0.25, -0.2) is 4.98 Å². The Morgan fingerprint density at radius 3 is 2.76 bits per heavy atom. The number of aromatic carboxylic acids is 1. The minimum absolute atomic E-state index is 0.177. The Hall–Kier alpha value is -2.18. The molecule has 5 nitrogen and oxygen atoms in total. The van der Waals surface area contributed by atoms with E-state index in [-0.39, 0.29) is 4.88 Å². The van der Waals surface area contributed by atoms with Crippen LogP contribution in [0, 0.1) is 6.92 Å². The standard InChI is InChI=1S/C15H14N2O3S/c1-9-7-10(8-20-2)11-12(17-5-3-4-6-17)13(15(18)19)21-14(11)16-9/h3-7H,8H2,1-2H3,(H,18,19)/p-1. The monoisotopic (exact) mass is 301 g/mol. The second-order valence-electron chi connectivity index (χ2n) is 4.69. The maximum atomic E-state index is 11.5. The highest BCUT2D eigenvalue weighted by atomic mass is 32.1. The van der Waals surface area contributed by atoms with Gasteiger partial charge in [-0.05, 0) is 30.7 Å². The molecule has 6 heteroatoms. The summed E-state index contributed by atoms with van der Waals surface area (Å²) < 4.78 is 7.02. The van der Waals surface area contributed by atoms with E-state index in [4.69, 9.17) is 4.74 Å². The first-order valence-corrected chi connectivity index (χ1v) is 7.20. The van der Waals surface area contributed by atoms with E-state index in [2.05, 4.69) is 4.98 Å². The summed E-state index contributed by atoms with van der Waals surface area (Å²) >= 11 is 1.13. The molecular weight excluding hydrogens is 288 g/mol. The van der Waals surface area contributed by atoms with E-state index in [0.29, 0.717) is 17.1 Å². The molecule has 0 saturated heterocycles. The second-order valence-corrected chi connectivity index (χ2v) is 5.69. The van der Waals surface area contributed by atoms with Crippen molar-refractivity contribution in [2.75, 3.05) is 7.11 Å². The van der Waals surface area contributed by atoms with Crippen molar-refractivity contribution in [3.63, 3.8) is 0 Å². The third-order valence-electron chi connectivity index (χ3n) is 3.19. The maximum absolute atomic E-state index is 11.5. The molecule has 0 aromatic carbocycles. The second kappa shape index (κ2) is 5.31. The number of fused-ring (bicyclic) bond motifs is 1. The first kappa shape index (κ1) is 13.8. The van der Waals surface area contributed by atoms with Crippen LogP contribution in [0.25, 0.3) is 15.9 Å². The van der Waals surface area contributed by atoms with Gasteiger partial charge < -0.3 is 19.2 Å². The largest absolute Gasteiger partial charge is 0.544 e. The molecule has 0 unspecified atom stereocenters. The molecule has 0 amide bonds. The van der Waals surface area contributed by atoms with Crippen molar-refractivity contribution in [1.29, 1.82) is 0 Å². The summed E-state index contributed by atoms with van der Waals surface area (Å²) in [4.78, 5) is 16.8. The van der Waals surface area contributed by atoms with Crippen molar-refractivity contribution in [3.05, 3.63) is 46.7 Å². The van der Waals surface area contributed by atoms with Gasteiger partial charge in [0.25, 0.3) is 0 Å². The number of pyridine rings is 1. The number of rotatable bonds is 4. The number of hydrogen-bond acceptors (Lipinski definition) is 5. The van der Waals surface area contributed by atoms with Gasteiger partial charge in [-0.2, -0.15) is 0 Å². The summed E-state index contributed by atoms with van der Waals surface area (Å²) in [6.45, 7) is 2.28. The van der Waals surface area contributed by atoms with Crippen LogP contribution < -0.4 is 5.11 Å². The number of carbonyl (C=O) groups is 1. The molecule has 0 aliphatic rings. The van der Waals surface area contributed by atoms with Gasteiger partial charge in [0.15, 0.2) is 0 Å². The fourth-order valence-electron chi connectivity index (χ4n) is 2.43. The van der Waals surface area contributed by atoms with Crippen LogP contribution in [0.3, 0.4) is 0 Å². The Morgan fingerprint density at radius 1 is 1.43 bits per heavy atom. The van der Waals surface area contributed by atoms with Crippen molar-refractivity contribution < 1.29 is 14.6 Å². The number of carbonyl (C=O) groups excluding carboxylic acids is 1. The first-order chi connectivity index (χ1) is 10.1. The summed E-state index contributed by atoms with van der Waals surface area (Å²) in [5.41, 5.74) is 2.35. The molecule has 0 aliphatic heterocycles. The normalized spacial score (nSPS) is 11.1. The number of carboxylic acid groups (broad SMARTS) is 1. The third kappa shape index (κ3) is 2.32. The van der Waals surface area contributed by atoms with Crippen LogP contribution in [0.15, 0.2) is 30.6 Å². The van der Waals surface area contributed by atoms with Crippen LogP contribution in [0.2, 0.25) is 0 Å². The number of hydrogen-bond donors (Lipinski definition) is 0. The zero-order chi connectivity index (χ0) is 15.0. The Bertz CT molecular complexity index is 806. The number of aromatic nitrogens is 2. The van der Waals surface area contributed by atoms with Crippen molar-refractivity contribution >= 4 is 27.5 Å². The molecule has 0 radical (unpaired) electrons. The first-order valence-electron chi connectivity index (χ1n) is 6.38. The van der Waals surface area contributed by atoms with Gasteiger partial charge in [-0.1, -0.05) is 0 Å². The zero-order valence-electron chi connectivity index (χ0n) is 11.6. The minimum atomic E-state index is -1.19. The van der Waals surface area contributed by atoms with E-state index >= 15 is 0 Å². The van der Waals surface area contributed by atoms with Crippen LogP contribution in [-0.4, -0.2) is 22.6 Å². The quantitative estimate of drug-likeness (QED) is 0.738. The SMILES string of the molecule is COCc1cc(C)nc2sc(C(=O)[O-])c(-n3cccc3)c12. The number of nitrogens with zero attached hydrogens (tertiary/aromatic N) is 2. The van der Waals surface area contributed by atoms with Crippen LogP contribution in [0.5, 0.6) is 0 Å². The summed E-state index contributed by atoms with van der Waals surface area (Å²) in [7, 11) is 1.61. The zero-order valence-corrected chi connectivity index (χ0v) is 12.4. The highest BCUT2D eigenvalue weighted by molar-refractivity contribution is 7.20. The fourth-order valence-corrected chi connectivity index (χ4v) is 3.53. The minimum Gasteiger partial charge on any atom is -0.544 e. The van der Waals surface area contributed by atoms with E-state index in [1.54, 1.807) is 11.7 Å². The molecule has 3 heterocycles. The summed E-state index contributed by atoms with van der Waals surface area (Å²) in [5, 5.41) is 12.3. The van der Waals surface area contributed by atoms with Crippen molar-refractivity contribution in [2.45, 2.75) is 13.5 Å². The van der Waals surface area contributed by atoms with E-state index in [9.17, 15) is 9.90 Å². The summed E-state index contributed by atoms with van der Waals surface area (Å²) in [6.07, 6.45) is 3.62. The number of carboxylic acids is 1. The maximum Gasteiger partial charge on any atom is 0.126 e. The summed E-state index contributed by atoms with van der Waals surface area (Å²) in [6, 6.07) is 5.62. The molecule has 0 saturated carbocycles. The lowest BCUT2D eigenvalue weighted by Gasteiger charge is -2.09. The van der Waals surface area contributed by atoms with Gasteiger partial charge in [0.05, 0.1) is 23.1 Å². The number of methoxy groups -OCH3 is 1. The highest BCUT2D eigenvalue weighted by Gasteiger charge is 2.19. The van der Waals surface area contributed by atoms with Crippen LogP contribution in [0.1, 0.15) is 20.9 Å². The molecule has 0 fully saturated rings. The Kier molecular flexibility index (Phi) is 3.48. The van der Waals surface area contributed by atoms with Crippen LogP contribution >= 0.6 is 11.3 Å². The van der Waals surface area contributed by atoms with Crippen molar-refractivity contribution in [1.82, 2.24) is 9.55 Å². The van der Waals surface area contributed by atoms with Crippen LogP contribution in [-0.2, 0) is 11.3 Å². The number of aryl methyl sites for hydroxylation is 1. The molecule has 0 aliphatic carbocycles. The molecule has 3 rings (SSSR count). The lowest BCUT2D eigenvalue weighted by molar-refractivity contribution is -0.254. The number of ether oxygens (including phenoxy) is 1. The number of thiophene rings is 1. The van der Waals surface area contributed by atoms with Crippen LogP contribution in [0.4, 0.5) is 0 Å². The van der Waals surface area contributed by atoms with E-state index < -0.39 is 5.97 Å². The van der Waals surface area contributed by atoms with E-state index in [0.717, 1.165) is 28.0 Å². The molecule has 108 valence electrons. The smallest absolute Gasteiger partial charge is 0.126 e. The van der Waals surface area contributed by atoms with E-state index in [1.165, 1.54) is 0 Å². The van der Waals surface area contributed by atoms with Gasteiger partial charge in [0.1, 0.15) is 4.83 Å². The Balaban J connectivity index is 2.41. The van der Waals surface area contributed by atoms with E-state index in [1.807, 2.05) is 37.5 Å². The Morgan fingerprint density at radius 2 is 2.14 bits per heavy atom. The van der Waals surface area contributed by atoms with Crippen molar-refractivity contribution in [2.24, 2.45) is 0 Å². The predicted molar refractivity (Wildman–Crippen MR) is 78.7 cm³/mol. The van der Waals surface area contributed by atoms with Gasteiger partial charge in [0, 0.05) is 30.6 Å². The topological polar surface area (TPSA) is 67.2 Å². The average molecular weight is 301 g/mol. The molecule has 0 bridgehead atoms. The lowest BCUT2D eigenvalue weighted by atomic mass is 10.1. The molecule has 0 atom stereocenters. The molecule has 3 aromatic heterocycles. The summed E-state index contributed by atoms with van der Waals surface area (Å²) in [5.74, 6) is -1.19. The van der Waals surface area contributed by atoms with Gasteiger partial charge in [0.2, 0.25) is 0 Å². The average Bonchev–Trinajstić information content (AvgIpc) is 3.04. The van der Waals surface area contributed by atoms with Gasteiger partial charge >= 0.3 is 0 Å². The van der Waals surface area contributed by atoms with Gasteiger partial charge in [-0.3, -0.25) is 0 Å². The predicted octanol–water partition coefficient (Wildman–Crippen LogP) is 1.91. The molecule has 21 heavy (non-hydrogen) atoms. The lowest BCUT2D eigenvalue weighted by Crippen LogP contribution is -2.22.